The molecule has 2 aromatic heterocycles. The summed E-state index contributed by atoms with van der Waals surface area (Å²) in [5, 5.41) is 10.3. The number of fused-ring (bicyclic) bond motifs is 1. The number of hydrogen-bond donors (Lipinski definition) is 3. The van der Waals surface area contributed by atoms with Crippen LogP contribution in [0.1, 0.15) is 5.69 Å². The maximum atomic E-state index is 11.5. The first-order valence-electron chi connectivity index (χ1n) is 6.76. The van der Waals surface area contributed by atoms with Crippen LogP contribution in [-0.4, -0.2) is 46.6 Å². The van der Waals surface area contributed by atoms with Gasteiger partial charge in [-0.1, -0.05) is 0 Å². The Balaban J connectivity index is 1.92. The van der Waals surface area contributed by atoms with Crippen LogP contribution < -0.4 is 16.0 Å². The standard InChI is InChI=1S/C14H14N8O/c1-22-6-11(23)21-13-14(22)20-10(5-18-13)8-2-3-9(17-4-8)12(16)19-7-15/h2-5,7H,6H2,1H3,(H3,15,16,19)(H,18,21,23). The van der Waals surface area contributed by atoms with Gasteiger partial charge < -0.3 is 16.0 Å². The van der Waals surface area contributed by atoms with E-state index in [1.54, 1.807) is 36.5 Å². The molecule has 0 aliphatic carbocycles. The first kappa shape index (κ1) is 14.6. The van der Waals surface area contributed by atoms with Gasteiger partial charge in [-0.2, -0.15) is 0 Å². The summed E-state index contributed by atoms with van der Waals surface area (Å²) in [7, 11) is 1.78. The van der Waals surface area contributed by atoms with Gasteiger partial charge in [0.25, 0.3) is 0 Å². The van der Waals surface area contributed by atoms with Gasteiger partial charge in [0.05, 0.1) is 24.8 Å². The Hall–Kier alpha value is -3.36. The lowest BCUT2D eigenvalue weighted by Crippen LogP contribution is -2.36. The van der Waals surface area contributed by atoms with E-state index in [1.807, 2.05) is 0 Å². The van der Waals surface area contributed by atoms with Gasteiger partial charge in [-0.05, 0) is 12.1 Å². The zero-order valence-electron chi connectivity index (χ0n) is 12.3. The van der Waals surface area contributed by atoms with Crippen molar-refractivity contribution in [3.8, 4) is 11.3 Å². The summed E-state index contributed by atoms with van der Waals surface area (Å²) < 4.78 is 0. The minimum Gasteiger partial charge on any atom is -0.390 e. The average Bonchev–Trinajstić information content (AvgIpc) is 2.55. The fraction of sp³-hybridized carbons (Fsp3) is 0.143. The highest BCUT2D eigenvalue weighted by Gasteiger charge is 2.22. The molecule has 1 aliphatic rings. The van der Waals surface area contributed by atoms with Crippen molar-refractivity contribution in [2.45, 2.75) is 0 Å². The Bertz CT molecular complexity index is 799. The van der Waals surface area contributed by atoms with Crippen LogP contribution in [-0.2, 0) is 4.79 Å². The minimum atomic E-state index is -0.118. The van der Waals surface area contributed by atoms with E-state index in [2.05, 4.69) is 25.3 Å². The number of pyridine rings is 1. The molecule has 0 saturated carbocycles. The molecule has 3 rings (SSSR count). The molecule has 3 heterocycles. The van der Waals surface area contributed by atoms with E-state index in [0.29, 0.717) is 23.0 Å². The quantitative estimate of drug-likeness (QED) is 0.537. The fourth-order valence-electron chi connectivity index (χ4n) is 2.16. The number of aromatic nitrogens is 3. The van der Waals surface area contributed by atoms with Gasteiger partial charge in [-0.3, -0.25) is 15.2 Å². The van der Waals surface area contributed by atoms with Crippen molar-refractivity contribution >= 4 is 29.7 Å². The fourth-order valence-corrected chi connectivity index (χ4v) is 2.16. The zero-order valence-corrected chi connectivity index (χ0v) is 12.3. The maximum absolute atomic E-state index is 11.5. The number of carbonyl (C=O) groups excluding carboxylic acids is 1. The molecular formula is C14H14N8O. The summed E-state index contributed by atoms with van der Waals surface area (Å²) in [6, 6.07) is 3.44. The Morgan fingerprint density at radius 2 is 2.26 bits per heavy atom. The molecule has 0 unspecified atom stereocenters. The Morgan fingerprint density at radius 3 is 2.96 bits per heavy atom. The highest BCUT2D eigenvalue weighted by Crippen LogP contribution is 2.27. The second-order valence-electron chi connectivity index (χ2n) is 4.89. The van der Waals surface area contributed by atoms with Crippen LogP contribution in [0.15, 0.2) is 29.5 Å². The van der Waals surface area contributed by atoms with Crippen molar-refractivity contribution in [1.82, 2.24) is 15.0 Å². The van der Waals surface area contributed by atoms with Crippen LogP contribution >= 0.6 is 0 Å². The van der Waals surface area contributed by atoms with Gasteiger partial charge in [0.2, 0.25) is 5.91 Å². The highest BCUT2D eigenvalue weighted by molar-refractivity contribution is 5.99. The topological polar surface area (TPSA) is 133 Å². The van der Waals surface area contributed by atoms with Crippen LogP contribution in [0.2, 0.25) is 0 Å². The molecule has 0 radical (unpaired) electrons. The molecule has 2 aromatic rings. The number of carbonyl (C=O) groups is 1. The van der Waals surface area contributed by atoms with Crippen molar-refractivity contribution in [3.05, 3.63) is 30.2 Å². The number of nitrogens with one attached hydrogen (secondary N) is 2. The number of anilines is 2. The van der Waals surface area contributed by atoms with Crippen LogP contribution in [0.25, 0.3) is 11.3 Å². The maximum Gasteiger partial charge on any atom is 0.245 e. The highest BCUT2D eigenvalue weighted by atomic mass is 16.2. The number of rotatable bonds is 2. The third-order valence-electron chi connectivity index (χ3n) is 3.26. The molecule has 9 heteroatoms. The smallest absolute Gasteiger partial charge is 0.245 e. The molecule has 0 bridgehead atoms. The molecule has 23 heavy (non-hydrogen) atoms. The number of amides is 1. The predicted molar refractivity (Wildman–Crippen MR) is 86.7 cm³/mol. The van der Waals surface area contributed by atoms with Crippen molar-refractivity contribution in [2.24, 2.45) is 10.7 Å². The lowest BCUT2D eigenvalue weighted by atomic mass is 10.2. The zero-order chi connectivity index (χ0) is 16.4. The first-order chi connectivity index (χ1) is 11.1. The third kappa shape index (κ3) is 2.84. The number of nitrogens with zero attached hydrogens (tertiary/aromatic N) is 5. The lowest BCUT2D eigenvalue weighted by Gasteiger charge is -2.25. The molecule has 9 nitrogen and oxygen atoms in total. The molecule has 0 spiro atoms. The van der Waals surface area contributed by atoms with E-state index in [-0.39, 0.29) is 18.3 Å². The number of nitrogens with two attached hydrogens (primary N) is 1. The molecule has 4 N–H and O–H groups in total. The van der Waals surface area contributed by atoms with Crippen LogP contribution in [0.5, 0.6) is 0 Å². The molecule has 1 aliphatic heterocycles. The van der Waals surface area contributed by atoms with Gasteiger partial charge in [-0.15, -0.1) is 0 Å². The van der Waals surface area contributed by atoms with E-state index in [0.717, 1.165) is 11.9 Å². The second kappa shape index (κ2) is 5.79. The summed E-state index contributed by atoms with van der Waals surface area (Å²) in [4.78, 5) is 29.8. The molecule has 0 saturated heterocycles. The Labute approximate surface area is 131 Å². The molecule has 0 fully saturated rings. The van der Waals surface area contributed by atoms with Crippen molar-refractivity contribution in [3.63, 3.8) is 0 Å². The van der Waals surface area contributed by atoms with E-state index < -0.39 is 0 Å². The van der Waals surface area contributed by atoms with Crippen molar-refractivity contribution < 1.29 is 4.79 Å². The van der Waals surface area contributed by atoms with Crippen molar-refractivity contribution in [2.75, 3.05) is 23.8 Å². The van der Waals surface area contributed by atoms with Gasteiger partial charge in [0.15, 0.2) is 17.5 Å². The SMILES string of the molecule is CN1CC(=O)Nc2ncc(-c3ccc(C(=N)/N=C\N)nc3)nc21. The van der Waals surface area contributed by atoms with Gasteiger partial charge in [0.1, 0.15) is 5.69 Å². The van der Waals surface area contributed by atoms with Crippen LogP contribution in [0.4, 0.5) is 11.6 Å². The van der Waals surface area contributed by atoms with Crippen LogP contribution in [0.3, 0.4) is 0 Å². The minimum absolute atomic E-state index is 0.0157. The summed E-state index contributed by atoms with van der Waals surface area (Å²) >= 11 is 0. The molecular weight excluding hydrogens is 296 g/mol. The third-order valence-corrected chi connectivity index (χ3v) is 3.26. The summed E-state index contributed by atoms with van der Waals surface area (Å²) in [6.07, 6.45) is 4.21. The molecule has 0 atom stereocenters. The monoisotopic (exact) mass is 310 g/mol. The number of hydrogen-bond acceptors (Lipinski definition) is 6. The normalized spacial score (nSPS) is 13.8. The van der Waals surface area contributed by atoms with Gasteiger partial charge in [-0.25, -0.2) is 15.0 Å². The Kier molecular flexibility index (Phi) is 3.67. The lowest BCUT2D eigenvalue weighted by molar-refractivity contribution is -0.115. The second-order valence-corrected chi connectivity index (χ2v) is 4.89. The largest absolute Gasteiger partial charge is 0.390 e. The Morgan fingerprint density at radius 1 is 1.43 bits per heavy atom. The number of aliphatic imine (C=N–C) groups is 1. The van der Waals surface area contributed by atoms with E-state index in [4.69, 9.17) is 11.1 Å². The molecule has 1 amide bonds. The van der Waals surface area contributed by atoms with E-state index >= 15 is 0 Å². The number of likely N-dealkylation sites (N-methyl/N-ethyl adjacent to an activating group) is 1. The van der Waals surface area contributed by atoms with Gasteiger partial charge >= 0.3 is 0 Å². The predicted octanol–water partition coefficient (Wildman–Crippen LogP) is 0.239. The molecule has 0 aromatic carbocycles. The molecule has 116 valence electrons. The summed E-state index contributed by atoms with van der Waals surface area (Å²) in [5.74, 6) is 0.910. The summed E-state index contributed by atoms with van der Waals surface area (Å²) in [5.41, 5.74) is 6.94. The van der Waals surface area contributed by atoms with E-state index in [9.17, 15) is 4.79 Å². The first-order valence-corrected chi connectivity index (χ1v) is 6.76. The van der Waals surface area contributed by atoms with Crippen molar-refractivity contribution in [1.29, 1.82) is 5.41 Å². The average molecular weight is 310 g/mol. The van der Waals surface area contributed by atoms with Crippen LogP contribution in [0, 0.1) is 5.41 Å². The van der Waals surface area contributed by atoms with Gasteiger partial charge in [0, 0.05) is 18.8 Å². The van der Waals surface area contributed by atoms with E-state index in [1.165, 1.54) is 0 Å². The number of amidine groups is 1. The summed E-state index contributed by atoms with van der Waals surface area (Å²) in [6.45, 7) is 0.233.